The van der Waals surface area contributed by atoms with E-state index < -0.39 is 21.8 Å². The van der Waals surface area contributed by atoms with Gasteiger partial charge in [0.25, 0.3) is 10.0 Å². The van der Waals surface area contributed by atoms with E-state index in [9.17, 15) is 22.9 Å². The van der Waals surface area contributed by atoms with Gasteiger partial charge in [-0.05, 0) is 48.5 Å². The fraction of sp³-hybridized carbons (Fsp3) is 0.0385. The minimum atomic E-state index is -3.89. The van der Waals surface area contributed by atoms with Crippen LogP contribution in [0.4, 0.5) is 4.39 Å². The first-order chi connectivity index (χ1) is 17.3. The first kappa shape index (κ1) is 23.0. The zero-order chi connectivity index (χ0) is 25.4. The summed E-state index contributed by atoms with van der Waals surface area (Å²) in [6.07, 6.45) is 2.90. The molecule has 10 heteroatoms. The van der Waals surface area contributed by atoms with Crippen molar-refractivity contribution < 1.29 is 22.3 Å². The van der Waals surface area contributed by atoms with Crippen LogP contribution in [0.2, 0.25) is 0 Å². The van der Waals surface area contributed by atoms with Gasteiger partial charge in [-0.3, -0.25) is 0 Å². The number of H-pyrrole nitrogens is 1. The molecule has 5 aromatic rings. The standard InChI is InChI=1S/C26H17FN4O4S/c1-35-26(32)21-14-23(30-24(21)16-7-8-22(27)17(13-16)15-28)19-9-11-29-25-20(19)10-12-31(25)36(33,34)18-5-3-2-4-6-18/h2-14,30H,1H3. The molecule has 5 rings (SSSR count). The summed E-state index contributed by atoms with van der Waals surface area (Å²) in [7, 11) is -2.65. The van der Waals surface area contributed by atoms with Crippen LogP contribution in [0.25, 0.3) is 33.5 Å². The summed E-state index contributed by atoms with van der Waals surface area (Å²) in [6, 6.07) is 18.6. The zero-order valence-electron chi connectivity index (χ0n) is 18.8. The first-order valence-corrected chi connectivity index (χ1v) is 12.1. The quantitative estimate of drug-likeness (QED) is 0.349. The van der Waals surface area contributed by atoms with Crippen LogP contribution in [0.15, 0.2) is 84.0 Å². The molecule has 0 aliphatic carbocycles. The number of esters is 1. The van der Waals surface area contributed by atoms with Crippen molar-refractivity contribution >= 4 is 27.0 Å². The molecule has 0 fully saturated rings. The number of nitrogens with one attached hydrogen (secondary N) is 1. The Labute approximate surface area is 205 Å². The lowest BCUT2D eigenvalue weighted by molar-refractivity contribution is 0.0602. The number of ether oxygens (including phenoxy) is 1. The molecule has 0 saturated heterocycles. The second-order valence-electron chi connectivity index (χ2n) is 7.80. The maximum Gasteiger partial charge on any atom is 0.340 e. The van der Waals surface area contributed by atoms with Crippen LogP contribution < -0.4 is 0 Å². The number of rotatable bonds is 5. The monoisotopic (exact) mass is 500 g/mol. The third kappa shape index (κ3) is 3.72. The molecular weight excluding hydrogens is 483 g/mol. The summed E-state index contributed by atoms with van der Waals surface area (Å²) in [5.74, 6) is -1.31. The molecule has 0 aliphatic rings. The Morgan fingerprint density at radius 2 is 1.89 bits per heavy atom. The predicted octanol–water partition coefficient (Wildman–Crippen LogP) is 4.73. The van der Waals surface area contributed by atoms with Crippen molar-refractivity contribution in [1.82, 2.24) is 13.9 Å². The molecule has 3 heterocycles. The summed E-state index contributed by atoms with van der Waals surface area (Å²) in [4.78, 5) is 20.1. The highest BCUT2D eigenvalue weighted by molar-refractivity contribution is 7.90. The third-order valence-corrected chi connectivity index (χ3v) is 7.42. The Balaban J connectivity index is 1.69. The van der Waals surface area contributed by atoms with E-state index in [0.29, 0.717) is 27.9 Å². The minimum absolute atomic E-state index is 0.120. The maximum atomic E-state index is 13.9. The first-order valence-electron chi connectivity index (χ1n) is 10.6. The van der Waals surface area contributed by atoms with E-state index in [1.165, 1.54) is 43.8 Å². The number of nitriles is 1. The van der Waals surface area contributed by atoms with Crippen molar-refractivity contribution in [2.75, 3.05) is 7.11 Å². The average molecular weight is 501 g/mol. The molecule has 36 heavy (non-hydrogen) atoms. The molecule has 1 N–H and O–H groups in total. The molecule has 0 saturated carbocycles. The second-order valence-corrected chi connectivity index (χ2v) is 9.61. The van der Waals surface area contributed by atoms with Gasteiger partial charge < -0.3 is 9.72 Å². The molecule has 0 spiro atoms. The number of methoxy groups -OCH3 is 1. The van der Waals surface area contributed by atoms with Gasteiger partial charge in [-0.2, -0.15) is 5.26 Å². The van der Waals surface area contributed by atoms with Crippen LogP contribution in [0.1, 0.15) is 15.9 Å². The summed E-state index contributed by atoms with van der Waals surface area (Å²) in [5, 5.41) is 9.74. The van der Waals surface area contributed by atoms with Crippen LogP contribution in [-0.4, -0.2) is 35.4 Å². The summed E-state index contributed by atoms with van der Waals surface area (Å²) in [6.45, 7) is 0. The molecule has 0 atom stereocenters. The fourth-order valence-electron chi connectivity index (χ4n) is 4.01. The molecule has 0 radical (unpaired) electrons. The Bertz CT molecular complexity index is 1780. The number of pyridine rings is 1. The van der Waals surface area contributed by atoms with Gasteiger partial charge in [0.05, 0.1) is 28.8 Å². The molecule has 0 amide bonds. The van der Waals surface area contributed by atoms with Gasteiger partial charge >= 0.3 is 5.97 Å². The Morgan fingerprint density at radius 1 is 1.11 bits per heavy atom. The molecule has 8 nitrogen and oxygen atoms in total. The number of carbonyl (C=O) groups is 1. The van der Waals surface area contributed by atoms with Crippen molar-refractivity contribution in [3.8, 4) is 28.6 Å². The van der Waals surface area contributed by atoms with Gasteiger partial charge in [0.1, 0.15) is 11.9 Å². The average Bonchev–Trinajstić information content (AvgIpc) is 3.54. The number of fused-ring (bicyclic) bond motifs is 1. The predicted molar refractivity (Wildman–Crippen MR) is 130 cm³/mol. The van der Waals surface area contributed by atoms with E-state index in [1.54, 1.807) is 42.5 Å². The fourth-order valence-corrected chi connectivity index (χ4v) is 5.34. The molecule has 0 aliphatic heterocycles. The van der Waals surface area contributed by atoms with Crippen molar-refractivity contribution in [1.29, 1.82) is 5.26 Å². The number of halogens is 1. The molecule has 0 unspecified atom stereocenters. The third-order valence-electron chi connectivity index (χ3n) is 5.74. The van der Waals surface area contributed by atoms with Gasteiger partial charge in [0.2, 0.25) is 0 Å². The van der Waals surface area contributed by atoms with E-state index in [1.807, 2.05) is 0 Å². The van der Waals surface area contributed by atoms with E-state index >= 15 is 0 Å². The lowest BCUT2D eigenvalue weighted by Gasteiger charge is -2.07. The van der Waals surface area contributed by atoms with E-state index in [4.69, 9.17) is 4.74 Å². The Kier molecular flexibility index (Phi) is 5.62. The van der Waals surface area contributed by atoms with Gasteiger partial charge in [-0.25, -0.2) is 26.6 Å². The lowest BCUT2D eigenvalue weighted by atomic mass is 10.0. The maximum absolute atomic E-state index is 13.9. The number of aromatic nitrogens is 3. The van der Waals surface area contributed by atoms with Crippen LogP contribution in [0, 0.1) is 17.1 Å². The normalized spacial score (nSPS) is 11.4. The van der Waals surface area contributed by atoms with Crippen LogP contribution in [0.3, 0.4) is 0 Å². The van der Waals surface area contributed by atoms with E-state index in [-0.39, 0.29) is 21.7 Å². The number of nitrogens with zero attached hydrogens (tertiary/aromatic N) is 3. The van der Waals surface area contributed by atoms with Crippen LogP contribution in [-0.2, 0) is 14.8 Å². The topological polar surface area (TPSA) is 118 Å². The molecule has 2 aromatic carbocycles. The zero-order valence-corrected chi connectivity index (χ0v) is 19.6. The van der Waals surface area contributed by atoms with Crippen LogP contribution >= 0.6 is 0 Å². The molecule has 0 bridgehead atoms. The van der Waals surface area contributed by atoms with Gasteiger partial charge in [0.15, 0.2) is 5.65 Å². The number of carbonyl (C=O) groups excluding carboxylic acids is 1. The largest absolute Gasteiger partial charge is 0.465 e. The van der Waals surface area contributed by atoms with Crippen molar-refractivity contribution in [3.05, 3.63) is 96.1 Å². The van der Waals surface area contributed by atoms with E-state index in [0.717, 1.165) is 10.0 Å². The Morgan fingerprint density at radius 3 is 2.61 bits per heavy atom. The Hall–Kier alpha value is -4.75. The SMILES string of the molecule is COC(=O)c1cc(-c2ccnc3c2ccn3S(=O)(=O)c2ccccc2)[nH]c1-c1ccc(F)c(C#N)c1. The molecule has 178 valence electrons. The van der Waals surface area contributed by atoms with Gasteiger partial charge in [-0.1, -0.05) is 18.2 Å². The number of benzene rings is 2. The highest BCUT2D eigenvalue weighted by Crippen LogP contribution is 2.34. The lowest BCUT2D eigenvalue weighted by Crippen LogP contribution is -2.12. The van der Waals surface area contributed by atoms with Crippen molar-refractivity contribution in [3.63, 3.8) is 0 Å². The number of hydrogen-bond donors (Lipinski definition) is 1. The van der Waals surface area contributed by atoms with Gasteiger partial charge in [0, 0.05) is 34.6 Å². The minimum Gasteiger partial charge on any atom is -0.465 e. The summed E-state index contributed by atoms with van der Waals surface area (Å²) < 4.78 is 46.3. The highest BCUT2D eigenvalue weighted by Gasteiger charge is 2.23. The number of hydrogen-bond acceptors (Lipinski definition) is 6. The summed E-state index contributed by atoms with van der Waals surface area (Å²) in [5.41, 5.74) is 2.01. The van der Waals surface area contributed by atoms with Crippen LogP contribution in [0.5, 0.6) is 0 Å². The highest BCUT2D eigenvalue weighted by atomic mass is 32.2. The smallest absolute Gasteiger partial charge is 0.340 e. The van der Waals surface area contributed by atoms with Crippen molar-refractivity contribution in [2.24, 2.45) is 0 Å². The van der Waals surface area contributed by atoms with Gasteiger partial charge in [-0.15, -0.1) is 0 Å². The molecule has 3 aromatic heterocycles. The van der Waals surface area contributed by atoms with Crippen molar-refractivity contribution in [2.45, 2.75) is 4.90 Å². The van der Waals surface area contributed by atoms with E-state index in [2.05, 4.69) is 9.97 Å². The summed E-state index contributed by atoms with van der Waals surface area (Å²) >= 11 is 0. The number of aromatic amines is 1. The second kappa shape index (κ2) is 8.79. The molecular formula is C26H17FN4O4S.